The van der Waals surface area contributed by atoms with E-state index >= 15 is 0 Å². The average molecular weight is 682 g/mol. The summed E-state index contributed by atoms with van der Waals surface area (Å²) in [5.74, 6) is -1.37. The molecule has 2 radical (unpaired) electrons. The van der Waals surface area contributed by atoms with E-state index in [4.69, 9.17) is 10.2 Å². The maximum absolute atomic E-state index is 9.59. The summed E-state index contributed by atoms with van der Waals surface area (Å²) in [5.41, 5.74) is 0. The molecule has 0 fully saturated rings. The van der Waals surface area contributed by atoms with Crippen LogP contribution in [0.2, 0.25) is 26.6 Å². The normalized spacial score (nSPS) is 10.4. The SMILES string of the molecule is C=C(O)CC(=O)O.CCC[CH2][Sn]([CH2]CCC)[CH2]CCC.CCC[CH2][Sn]([CH2]CCC)[CH2]CCC. The molecule has 198 valence electrons. The molecule has 0 aliphatic carbocycles. The van der Waals surface area contributed by atoms with Gasteiger partial charge in [0.05, 0.1) is 5.76 Å². The van der Waals surface area contributed by atoms with Crippen LogP contribution in [0.4, 0.5) is 0 Å². The molecule has 0 bridgehead atoms. The minimum atomic E-state index is -1.06. The first-order chi connectivity index (χ1) is 15.8. The quantitative estimate of drug-likeness (QED) is 0.0993. The van der Waals surface area contributed by atoms with Crippen molar-refractivity contribution in [3.05, 3.63) is 12.3 Å². The Morgan fingerprint density at radius 1 is 0.545 bits per heavy atom. The van der Waals surface area contributed by atoms with Gasteiger partial charge in [0.2, 0.25) is 0 Å². The molecule has 0 spiro atoms. The number of aliphatic carboxylic acids is 1. The van der Waals surface area contributed by atoms with Gasteiger partial charge in [-0.1, -0.05) is 6.58 Å². The minimum absolute atomic E-state index is 0.312. The molecule has 2 N–H and O–H groups in total. The van der Waals surface area contributed by atoms with Gasteiger partial charge in [-0.05, 0) is 0 Å². The molecule has 0 aromatic rings. The number of aliphatic hydroxyl groups excluding tert-OH is 1. The van der Waals surface area contributed by atoms with Gasteiger partial charge in [0.25, 0.3) is 0 Å². The maximum atomic E-state index is 9.59. The Kier molecular flexibility index (Phi) is 37.7. The van der Waals surface area contributed by atoms with Crippen LogP contribution in [0.5, 0.6) is 0 Å². The number of carbonyl (C=O) groups is 1. The summed E-state index contributed by atoms with van der Waals surface area (Å²) in [6.45, 7) is 17.0. The first kappa shape index (κ1) is 38.1. The Hall–Kier alpha value is 0.607. The molecule has 0 saturated heterocycles. The molecule has 0 saturated carbocycles. The van der Waals surface area contributed by atoms with Crippen LogP contribution < -0.4 is 0 Å². The van der Waals surface area contributed by atoms with Crippen molar-refractivity contribution in [1.29, 1.82) is 0 Å². The van der Waals surface area contributed by atoms with Crippen molar-refractivity contribution in [3.8, 4) is 0 Å². The Morgan fingerprint density at radius 2 is 0.758 bits per heavy atom. The van der Waals surface area contributed by atoms with E-state index in [0.29, 0.717) is 0 Å². The molecule has 33 heavy (non-hydrogen) atoms. The summed E-state index contributed by atoms with van der Waals surface area (Å²) in [5, 5.41) is 16.0. The zero-order valence-electron chi connectivity index (χ0n) is 23.4. The van der Waals surface area contributed by atoms with Crippen LogP contribution in [-0.4, -0.2) is 55.7 Å². The van der Waals surface area contributed by atoms with Gasteiger partial charge >= 0.3 is 191 Å². The fourth-order valence-corrected chi connectivity index (χ4v) is 22.4. The molecule has 0 amide bonds. The average Bonchev–Trinajstić information content (AvgIpc) is 2.78. The van der Waals surface area contributed by atoms with Crippen LogP contribution in [0.15, 0.2) is 12.3 Å². The van der Waals surface area contributed by atoms with E-state index in [1.54, 1.807) is 26.6 Å². The van der Waals surface area contributed by atoms with Crippen LogP contribution in [0.1, 0.15) is 125 Å². The molecule has 0 aliphatic heterocycles. The van der Waals surface area contributed by atoms with Gasteiger partial charge < -0.3 is 10.2 Å². The second kappa shape index (κ2) is 32.6. The third-order valence-electron chi connectivity index (χ3n) is 5.66. The van der Waals surface area contributed by atoms with Gasteiger partial charge in [-0.2, -0.15) is 0 Å². The summed E-state index contributed by atoms with van der Waals surface area (Å²) < 4.78 is 10.1. The van der Waals surface area contributed by atoms with Crippen molar-refractivity contribution in [3.63, 3.8) is 0 Å². The van der Waals surface area contributed by atoms with E-state index in [1.807, 2.05) is 0 Å². The van der Waals surface area contributed by atoms with Crippen LogP contribution in [0.25, 0.3) is 0 Å². The van der Waals surface area contributed by atoms with Gasteiger partial charge in [0, 0.05) is 0 Å². The molecular weight excluding hydrogens is 622 g/mol. The van der Waals surface area contributed by atoms with Crippen LogP contribution >= 0.6 is 0 Å². The zero-order chi connectivity index (χ0) is 25.7. The monoisotopic (exact) mass is 684 g/mol. The first-order valence-electron chi connectivity index (χ1n) is 14.1. The van der Waals surface area contributed by atoms with Gasteiger partial charge in [-0.3, -0.25) is 4.79 Å². The number of rotatable bonds is 20. The summed E-state index contributed by atoms with van der Waals surface area (Å²) in [4.78, 5) is 9.59. The zero-order valence-corrected chi connectivity index (χ0v) is 29.2. The van der Waals surface area contributed by atoms with E-state index in [-0.39, 0.29) is 12.2 Å². The number of carboxylic acids is 1. The number of hydrogen-bond donors (Lipinski definition) is 2. The first-order valence-corrected chi connectivity index (χ1v) is 26.2. The fourth-order valence-electron chi connectivity index (χ4n) is 3.49. The van der Waals surface area contributed by atoms with Gasteiger partial charge in [0.15, 0.2) is 0 Å². The standard InChI is InChI=1S/C4H6O3.6C4H9.2Sn/c1-3(5)2-4(6)7;6*1-3-4-2;;/h5H,1-2H2,(H,6,7);6*1,3-4H2,2H3;;. The summed E-state index contributed by atoms with van der Waals surface area (Å²) in [6.07, 6.45) is 17.3. The van der Waals surface area contributed by atoms with Crippen molar-refractivity contribution in [2.75, 3.05) is 0 Å². The topological polar surface area (TPSA) is 57.5 Å². The molecule has 0 aromatic heterocycles. The van der Waals surface area contributed by atoms with E-state index in [2.05, 4.69) is 48.1 Å². The van der Waals surface area contributed by atoms with Crippen molar-refractivity contribution in [2.45, 2.75) is 152 Å². The number of aliphatic hydroxyl groups is 1. The van der Waals surface area contributed by atoms with E-state index < -0.39 is 45.5 Å². The van der Waals surface area contributed by atoms with Crippen molar-refractivity contribution in [2.24, 2.45) is 0 Å². The molecule has 0 heterocycles. The second-order valence-electron chi connectivity index (χ2n) is 9.26. The van der Waals surface area contributed by atoms with Crippen LogP contribution in [0.3, 0.4) is 0 Å². The molecule has 0 aliphatic rings. The molecule has 0 aromatic carbocycles. The number of unbranched alkanes of at least 4 members (excludes halogenated alkanes) is 6. The van der Waals surface area contributed by atoms with Crippen molar-refractivity contribution >= 4 is 45.5 Å². The molecular formula is C28H60O3Sn2. The van der Waals surface area contributed by atoms with E-state index in [0.717, 1.165) is 0 Å². The van der Waals surface area contributed by atoms with Gasteiger partial charge in [0.1, 0.15) is 6.42 Å². The fraction of sp³-hybridized carbons (Fsp3) is 0.893. The van der Waals surface area contributed by atoms with E-state index in [1.165, 1.54) is 77.0 Å². The molecule has 0 rings (SSSR count). The molecule has 5 heteroatoms. The predicted octanol–water partition coefficient (Wildman–Crippen LogP) is 10.3. The predicted molar refractivity (Wildman–Crippen MR) is 154 cm³/mol. The Balaban J connectivity index is -0.000000429. The van der Waals surface area contributed by atoms with Gasteiger partial charge in [-0.25, -0.2) is 0 Å². The summed E-state index contributed by atoms with van der Waals surface area (Å²) in [7, 11) is 0. The third kappa shape index (κ3) is 37.3. The Morgan fingerprint density at radius 3 is 0.848 bits per heavy atom. The second-order valence-corrected chi connectivity index (χ2v) is 26.4. The van der Waals surface area contributed by atoms with Crippen LogP contribution in [-0.2, 0) is 4.79 Å². The van der Waals surface area contributed by atoms with E-state index in [9.17, 15) is 4.79 Å². The molecule has 0 unspecified atom stereocenters. The third-order valence-corrected chi connectivity index (χ3v) is 23.8. The summed E-state index contributed by atoms with van der Waals surface area (Å²) in [6, 6.07) is 0. The van der Waals surface area contributed by atoms with Crippen molar-refractivity contribution in [1.82, 2.24) is 0 Å². The van der Waals surface area contributed by atoms with Crippen LogP contribution in [0, 0.1) is 0 Å². The summed E-state index contributed by atoms with van der Waals surface area (Å²) >= 11 is -1.68. The molecule has 0 atom stereocenters. The van der Waals surface area contributed by atoms with Gasteiger partial charge in [-0.15, -0.1) is 0 Å². The Labute approximate surface area is 223 Å². The Bertz CT molecular complexity index is 329. The van der Waals surface area contributed by atoms with Crippen molar-refractivity contribution < 1.29 is 15.0 Å². The molecule has 3 nitrogen and oxygen atoms in total. The number of hydrogen-bond acceptors (Lipinski definition) is 2. The number of carboxylic acid groups (broad SMARTS) is 1.